The molecule has 0 spiro atoms. The number of ether oxygens (including phenoxy) is 1. The van der Waals surface area contributed by atoms with Gasteiger partial charge in [-0.2, -0.15) is 13.2 Å². The van der Waals surface area contributed by atoms with Crippen LogP contribution < -0.4 is 15.4 Å². The van der Waals surface area contributed by atoms with E-state index in [1.54, 1.807) is 18.9 Å². The molecular weight excluding hydrogens is 411 g/mol. The minimum atomic E-state index is -4.57. The molecule has 2 rings (SSSR count). The Morgan fingerprint density at radius 1 is 1.00 bits per heavy atom. The van der Waals surface area contributed by atoms with Crippen molar-refractivity contribution in [3.63, 3.8) is 0 Å². The Labute approximate surface area is 179 Å². The second-order valence-corrected chi connectivity index (χ2v) is 6.84. The van der Waals surface area contributed by atoms with Gasteiger partial charge < -0.3 is 15.4 Å². The number of carbonyl (C=O) groups is 2. The fraction of sp³-hybridized carbons (Fsp3) is 0.364. The van der Waals surface area contributed by atoms with Gasteiger partial charge in [-0.1, -0.05) is 31.2 Å². The number of nitrogens with one attached hydrogen (secondary N) is 2. The number of para-hydroxylation sites is 1. The number of rotatable bonds is 10. The van der Waals surface area contributed by atoms with Gasteiger partial charge in [0.05, 0.1) is 31.5 Å². The minimum absolute atomic E-state index is 0.0343. The molecule has 0 heterocycles. The maximum Gasteiger partial charge on any atom is 0.418 e. The highest BCUT2D eigenvalue weighted by molar-refractivity contribution is 5.93. The van der Waals surface area contributed by atoms with Gasteiger partial charge in [-0.3, -0.25) is 14.5 Å². The third-order valence-corrected chi connectivity index (χ3v) is 4.58. The van der Waals surface area contributed by atoms with E-state index in [-0.39, 0.29) is 24.7 Å². The zero-order chi connectivity index (χ0) is 22.9. The lowest BCUT2D eigenvalue weighted by molar-refractivity contribution is -0.137. The average molecular weight is 437 g/mol. The van der Waals surface area contributed by atoms with Crippen LogP contribution in [-0.2, 0) is 22.2 Å². The van der Waals surface area contributed by atoms with Crippen LogP contribution in [0.15, 0.2) is 48.5 Å². The molecule has 0 aliphatic heterocycles. The van der Waals surface area contributed by atoms with Crippen molar-refractivity contribution < 1.29 is 27.5 Å². The molecule has 0 radical (unpaired) electrons. The van der Waals surface area contributed by atoms with Gasteiger partial charge in [-0.15, -0.1) is 0 Å². The SMILES string of the molecule is CCN(CC(=O)NCCc1ccc(OC)cc1)CC(=O)Nc1ccccc1C(F)(F)F. The van der Waals surface area contributed by atoms with Crippen LogP contribution in [-0.4, -0.2) is 50.0 Å². The summed E-state index contributed by atoms with van der Waals surface area (Å²) in [7, 11) is 1.59. The van der Waals surface area contributed by atoms with Crippen molar-refractivity contribution in [1.82, 2.24) is 10.2 Å². The van der Waals surface area contributed by atoms with Crippen molar-refractivity contribution in [3.05, 3.63) is 59.7 Å². The highest BCUT2D eigenvalue weighted by atomic mass is 19.4. The first-order chi connectivity index (χ1) is 14.7. The van der Waals surface area contributed by atoms with Crippen LogP contribution >= 0.6 is 0 Å². The van der Waals surface area contributed by atoms with E-state index in [1.807, 2.05) is 24.3 Å². The van der Waals surface area contributed by atoms with Crippen molar-refractivity contribution in [2.24, 2.45) is 0 Å². The van der Waals surface area contributed by atoms with Gasteiger partial charge in [0, 0.05) is 6.54 Å². The van der Waals surface area contributed by atoms with E-state index in [0.29, 0.717) is 19.5 Å². The maximum atomic E-state index is 13.1. The Balaban J connectivity index is 1.81. The summed E-state index contributed by atoms with van der Waals surface area (Å²) < 4.78 is 44.3. The summed E-state index contributed by atoms with van der Waals surface area (Å²) in [6, 6.07) is 12.3. The third kappa shape index (κ3) is 7.93. The monoisotopic (exact) mass is 437 g/mol. The molecule has 31 heavy (non-hydrogen) atoms. The first-order valence-corrected chi connectivity index (χ1v) is 9.81. The number of likely N-dealkylation sites (N-methyl/N-ethyl adjacent to an activating group) is 1. The summed E-state index contributed by atoms with van der Waals surface area (Å²) in [5, 5.41) is 5.07. The zero-order valence-corrected chi connectivity index (χ0v) is 17.5. The molecule has 2 N–H and O–H groups in total. The number of benzene rings is 2. The first-order valence-electron chi connectivity index (χ1n) is 9.81. The minimum Gasteiger partial charge on any atom is -0.497 e. The number of amides is 2. The zero-order valence-electron chi connectivity index (χ0n) is 17.5. The summed E-state index contributed by atoms with van der Waals surface area (Å²) >= 11 is 0. The van der Waals surface area contributed by atoms with E-state index < -0.39 is 17.6 Å². The Morgan fingerprint density at radius 3 is 2.26 bits per heavy atom. The largest absolute Gasteiger partial charge is 0.497 e. The Morgan fingerprint density at radius 2 is 1.65 bits per heavy atom. The first kappa shape index (κ1) is 24.2. The molecular formula is C22H26F3N3O3. The molecule has 0 atom stereocenters. The van der Waals surface area contributed by atoms with Crippen LogP contribution in [0, 0.1) is 0 Å². The molecule has 2 amide bonds. The molecule has 0 bridgehead atoms. The van der Waals surface area contributed by atoms with E-state index in [9.17, 15) is 22.8 Å². The number of halogens is 3. The highest BCUT2D eigenvalue weighted by Gasteiger charge is 2.33. The van der Waals surface area contributed by atoms with Crippen LogP contribution in [0.3, 0.4) is 0 Å². The van der Waals surface area contributed by atoms with E-state index >= 15 is 0 Å². The van der Waals surface area contributed by atoms with E-state index in [0.717, 1.165) is 17.4 Å². The number of methoxy groups -OCH3 is 1. The van der Waals surface area contributed by atoms with Crippen molar-refractivity contribution in [2.75, 3.05) is 38.6 Å². The van der Waals surface area contributed by atoms with Crippen LogP contribution in [0.5, 0.6) is 5.75 Å². The quantitative estimate of drug-likeness (QED) is 0.598. The molecule has 168 valence electrons. The molecule has 0 aliphatic rings. The molecule has 0 saturated carbocycles. The normalized spacial score (nSPS) is 11.3. The molecule has 0 aromatic heterocycles. The van der Waals surface area contributed by atoms with Gasteiger partial charge in [0.2, 0.25) is 11.8 Å². The van der Waals surface area contributed by atoms with E-state index in [2.05, 4.69) is 10.6 Å². The molecule has 0 fully saturated rings. The van der Waals surface area contributed by atoms with E-state index in [1.165, 1.54) is 18.2 Å². The predicted octanol–water partition coefficient (Wildman–Crippen LogP) is 3.33. The third-order valence-electron chi connectivity index (χ3n) is 4.58. The number of anilines is 1. The van der Waals surface area contributed by atoms with Crippen LogP contribution in [0.1, 0.15) is 18.1 Å². The van der Waals surface area contributed by atoms with E-state index in [4.69, 9.17) is 4.74 Å². The fourth-order valence-corrected chi connectivity index (χ4v) is 2.91. The van der Waals surface area contributed by atoms with Crippen LogP contribution in [0.4, 0.5) is 18.9 Å². The number of carbonyl (C=O) groups excluding carboxylic acids is 2. The Bertz CT molecular complexity index is 870. The number of nitrogens with zero attached hydrogens (tertiary/aromatic N) is 1. The van der Waals surface area contributed by atoms with Crippen LogP contribution in [0.25, 0.3) is 0 Å². The number of hydrogen-bond donors (Lipinski definition) is 2. The van der Waals surface area contributed by atoms with Crippen LogP contribution in [0.2, 0.25) is 0 Å². The second kappa shape index (κ2) is 11.4. The van der Waals surface area contributed by atoms with Gasteiger partial charge in [-0.25, -0.2) is 0 Å². The standard InChI is InChI=1S/C22H26F3N3O3/c1-3-28(14-20(29)26-13-12-16-8-10-17(31-2)11-9-16)15-21(30)27-19-7-5-4-6-18(19)22(23,24)25/h4-11H,3,12-15H2,1-2H3,(H,26,29)(H,27,30). The molecule has 0 aliphatic carbocycles. The summed E-state index contributed by atoms with van der Waals surface area (Å²) in [4.78, 5) is 26.0. The number of alkyl halides is 3. The van der Waals surface area contributed by atoms with Crippen molar-refractivity contribution in [2.45, 2.75) is 19.5 Å². The van der Waals surface area contributed by atoms with Crippen molar-refractivity contribution >= 4 is 17.5 Å². The molecule has 6 nitrogen and oxygen atoms in total. The molecule has 2 aromatic carbocycles. The lowest BCUT2D eigenvalue weighted by atomic mass is 10.1. The summed E-state index contributed by atoms with van der Waals surface area (Å²) in [5.74, 6) is -0.133. The summed E-state index contributed by atoms with van der Waals surface area (Å²) in [6.45, 7) is 2.34. The Kier molecular flexibility index (Phi) is 8.87. The molecule has 0 saturated heterocycles. The summed E-state index contributed by atoms with van der Waals surface area (Å²) in [5.41, 5.74) is -0.182. The highest BCUT2D eigenvalue weighted by Crippen LogP contribution is 2.34. The lowest BCUT2D eigenvalue weighted by Crippen LogP contribution is -2.41. The van der Waals surface area contributed by atoms with Gasteiger partial charge in [0.15, 0.2) is 0 Å². The molecule has 2 aromatic rings. The maximum absolute atomic E-state index is 13.1. The predicted molar refractivity (Wildman–Crippen MR) is 112 cm³/mol. The van der Waals surface area contributed by atoms with Gasteiger partial charge in [0.25, 0.3) is 0 Å². The topological polar surface area (TPSA) is 70.7 Å². The summed E-state index contributed by atoms with van der Waals surface area (Å²) in [6.07, 6.45) is -3.94. The number of hydrogen-bond acceptors (Lipinski definition) is 4. The van der Waals surface area contributed by atoms with Gasteiger partial charge in [-0.05, 0) is 42.8 Å². The lowest BCUT2D eigenvalue weighted by Gasteiger charge is -2.20. The average Bonchev–Trinajstić information content (AvgIpc) is 2.73. The van der Waals surface area contributed by atoms with Gasteiger partial charge >= 0.3 is 6.18 Å². The van der Waals surface area contributed by atoms with Crippen molar-refractivity contribution in [3.8, 4) is 5.75 Å². The van der Waals surface area contributed by atoms with Crippen molar-refractivity contribution in [1.29, 1.82) is 0 Å². The second-order valence-electron chi connectivity index (χ2n) is 6.84. The van der Waals surface area contributed by atoms with Gasteiger partial charge in [0.1, 0.15) is 5.75 Å². The smallest absolute Gasteiger partial charge is 0.418 e. The molecule has 9 heteroatoms. The molecule has 0 unspecified atom stereocenters. The Hall–Kier alpha value is -3.07. The fourth-order valence-electron chi connectivity index (χ4n) is 2.91.